The van der Waals surface area contributed by atoms with Gasteiger partial charge in [-0.15, -0.1) is 65.8 Å². The molecule has 0 amide bonds. The predicted octanol–water partition coefficient (Wildman–Crippen LogP) is 17.2. The van der Waals surface area contributed by atoms with Crippen LogP contribution in [0.2, 0.25) is 0 Å². The van der Waals surface area contributed by atoms with Gasteiger partial charge >= 0.3 is 59.7 Å². The third kappa shape index (κ3) is 67.7. The highest BCUT2D eigenvalue weighted by Crippen LogP contribution is 2.27. The van der Waals surface area contributed by atoms with Crippen molar-refractivity contribution < 1.29 is 95.3 Å². The number of unbranched alkanes of at least 4 members (excludes halogenated alkanes) is 13. The van der Waals surface area contributed by atoms with Gasteiger partial charge in [0.15, 0.2) is 0 Å². The van der Waals surface area contributed by atoms with Gasteiger partial charge in [0, 0.05) is 0 Å². The molecule has 0 aliphatic heterocycles. The average molecular weight is 1950 g/mol. The number of nitrogens with zero attached hydrogens (tertiary/aromatic N) is 10. The van der Waals surface area contributed by atoms with E-state index in [2.05, 4.69) is 75.3 Å². The summed E-state index contributed by atoms with van der Waals surface area (Å²) in [6, 6.07) is -0.569. The highest BCUT2D eigenvalue weighted by molar-refractivity contribution is 5.83. The zero-order valence-electron chi connectivity index (χ0n) is 93.7. The number of hydrogen-bond donors (Lipinski definition) is 0. The molecular formula is C107H204N10O20. The van der Waals surface area contributed by atoms with E-state index < -0.39 is 33.2 Å². The van der Waals surface area contributed by atoms with Crippen LogP contribution in [0.15, 0.2) is 127 Å². The molecule has 0 saturated heterocycles. The zero-order chi connectivity index (χ0) is 109. The number of esters is 10. The summed E-state index contributed by atoms with van der Waals surface area (Å²) in [5.74, 6) is -1.75. The summed E-state index contributed by atoms with van der Waals surface area (Å²) in [4.78, 5) is 133. The van der Waals surface area contributed by atoms with Crippen LogP contribution in [0.25, 0.3) is 0 Å². The van der Waals surface area contributed by atoms with Gasteiger partial charge in [-0.2, -0.15) is 0 Å². The molecule has 0 heterocycles. The number of methoxy groups -OCH3 is 10. The predicted molar refractivity (Wildman–Crippen MR) is 568 cm³/mol. The minimum atomic E-state index is -0.587. The van der Waals surface area contributed by atoms with Crippen LogP contribution in [-0.4, -0.2) is 378 Å². The molecule has 0 aromatic rings. The molecule has 0 spiro atoms. The fourth-order valence-corrected chi connectivity index (χ4v) is 12.7. The summed E-state index contributed by atoms with van der Waals surface area (Å²) in [5.41, 5.74) is -3.14. The lowest BCUT2D eigenvalue weighted by molar-refractivity contribution is -0.154. The highest BCUT2D eigenvalue weighted by atomic mass is 16.6. The Bertz CT molecular complexity index is 3270. The summed E-state index contributed by atoms with van der Waals surface area (Å²) in [5, 5.41) is 0. The minimum absolute atomic E-state index is 0.107. The quantitative estimate of drug-likeness (QED) is 0.0236. The van der Waals surface area contributed by atoms with Crippen LogP contribution in [0, 0.1) is 0 Å². The Morgan fingerprint density at radius 3 is 0.664 bits per heavy atom. The van der Waals surface area contributed by atoms with Crippen molar-refractivity contribution in [1.29, 1.82) is 0 Å². The van der Waals surface area contributed by atoms with Gasteiger partial charge in [0.05, 0.1) is 71.1 Å². The molecule has 0 aliphatic carbocycles. The molecule has 10 unspecified atom stereocenters. The number of allylic oxidation sites excluding steroid dienone is 8. The molecule has 0 radical (unpaired) electrons. The molecule has 0 bridgehead atoms. The lowest BCUT2D eigenvalue weighted by Crippen LogP contribution is -2.49. The van der Waals surface area contributed by atoms with Gasteiger partial charge in [0.1, 0.15) is 57.4 Å². The fraction of sp³-hybridized carbons (Fsp3) is 0.720. The number of carbonyl (C=O) groups excluding carboxylic acids is 10. The second kappa shape index (κ2) is 90.3. The minimum Gasteiger partial charge on any atom is -0.468 e. The second-order valence-corrected chi connectivity index (χ2v) is 36.3. The molecular weight excluding hydrogens is 1750 g/mol. The Balaban J connectivity index is -0.000000164. The van der Waals surface area contributed by atoms with E-state index in [0.29, 0.717) is 12.8 Å². The molecule has 802 valence electrons. The molecule has 0 saturated carbocycles. The number of carbonyl (C=O) groups is 10. The van der Waals surface area contributed by atoms with Crippen molar-refractivity contribution >= 4 is 59.7 Å². The van der Waals surface area contributed by atoms with Crippen molar-refractivity contribution in [2.24, 2.45) is 0 Å². The normalized spacial score (nSPS) is 14.0. The third-order valence-electron chi connectivity index (χ3n) is 24.3. The summed E-state index contributed by atoms with van der Waals surface area (Å²) in [6.07, 6.45) is 47.9. The maximum absolute atomic E-state index is 11.8. The first-order valence-corrected chi connectivity index (χ1v) is 47.6. The smallest absolute Gasteiger partial charge is 0.326 e. The monoisotopic (exact) mass is 1950 g/mol. The van der Waals surface area contributed by atoms with E-state index in [1.165, 1.54) is 83.9 Å². The van der Waals surface area contributed by atoms with E-state index in [4.69, 9.17) is 37.9 Å². The van der Waals surface area contributed by atoms with Crippen molar-refractivity contribution in [1.82, 2.24) is 49.0 Å². The van der Waals surface area contributed by atoms with E-state index in [1.54, 1.807) is 18.2 Å². The van der Waals surface area contributed by atoms with E-state index >= 15 is 0 Å². The lowest BCUT2D eigenvalue weighted by Gasteiger charge is -2.33. The first-order chi connectivity index (χ1) is 63.9. The Hall–Kier alpha value is -8.30. The van der Waals surface area contributed by atoms with Crippen molar-refractivity contribution in [3.05, 3.63) is 127 Å². The third-order valence-corrected chi connectivity index (χ3v) is 24.3. The molecule has 10 atom stereocenters. The zero-order valence-corrected chi connectivity index (χ0v) is 93.7. The van der Waals surface area contributed by atoms with Gasteiger partial charge in [0.25, 0.3) is 0 Å². The van der Waals surface area contributed by atoms with Crippen LogP contribution in [0.5, 0.6) is 0 Å². The maximum Gasteiger partial charge on any atom is 0.326 e. The Morgan fingerprint density at radius 2 is 0.416 bits per heavy atom. The second-order valence-electron chi connectivity index (χ2n) is 36.3. The number of hydrogen-bond acceptors (Lipinski definition) is 30. The fourth-order valence-electron chi connectivity index (χ4n) is 12.7. The van der Waals surface area contributed by atoms with Gasteiger partial charge in [0.2, 0.25) is 0 Å². The Labute approximate surface area is 836 Å². The molecule has 0 aromatic carbocycles. The average Bonchev–Trinajstić information content (AvgIpc) is 0.861. The van der Waals surface area contributed by atoms with Crippen molar-refractivity contribution in [3.63, 3.8) is 0 Å². The van der Waals surface area contributed by atoms with Crippen LogP contribution in [0.4, 0.5) is 0 Å². The molecule has 0 aromatic heterocycles. The summed E-state index contributed by atoms with van der Waals surface area (Å²) >= 11 is 0. The summed E-state index contributed by atoms with van der Waals surface area (Å²) < 4.78 is 47.5. The van der Waals surface area contributed by atoms with Crippen LogP contribution < -0.4 is 0 Å². The SMILES string of the molecule is C=CCC(C(=O)OC)N(C)C.C=CCC(C)(C(=O)OC)N(C)C.C=CCCC(C(=O)OC)N(C)C.C=CCCC(C)(C(=O)OC)N(C)C.C=CCCCC(C(=O)OC)N(C)C.C=CCCCC(C)(C(=O)OC)N(C)C.C=CCCCCC(C(=O)OC)N(C)C.C=CCCCCC(C)(C(=O)OC)N(C)C.C=CCCCCCC(C)(C(=O)OC)N(C)C.C=CCCCCCCC(C)(C(=O)OC)N(C)C. The van der Waals surface area contributed by atoms with Crippen molar-refractivity contribution in [3.8, 4) is 0 Å². The number of rotatable bonds is 61. The number of likely N-dealkylation sites (N-methyl/N-ethyl adjacent to an activating group) is 10. The number of ether oxygens (including phenoxy) is 10. The van der Waals surface area contributed by atoms with E-state index in [9.17, 15) is 47.9 Å². The summed E-state index contributed by atoms with van der Waals surface area (Å²) in [7, 11) is 51.9. The van der Waals surface area contributed by atoms with E-state index in [0.717, 1.165) is 173 Å². The van der Waals surface area contributed by atoms with E-state index in [1.807, 2.05) is 274 Å². The topological polar surface area (TPSA) is 295 Å². The van der Waals surface area contributed by atoms with Gasteiger partial charge in [-0.05, 0) is 337 Å². The van der Waals surface area contributed by atoms with Gasteiger partial charge < -0.3 is 47.4 Å². The molecule has 0 fully saturated rings. The van der Waals surface area contributed by atoms with Crippen LogP contribution in [-0.2, 0) is 95.3 Å². The maximum atomic E-state index is 11.8. The molecule has 0 rings (SSSR count). The first-order valence-electron chi connectivity index (χ1n) is 47.6. The molecule has 30 heteroatoms. The van der Waals surface area contributed by atoms with Crippen molar-refractivity contribution in [2.75, 3.05) is 212 Å². The molecule has 137 heavy (non-hydrogen) atoms. The Morgan fingerprint density at radius 1 is 0.212 bits per heavy atom. The molecule has 30 nitrogen and oxygen atoms in total. The van der Waals surface area contributed by atoms with Crippen LogP contribution in [0.3, 0.4) is 0 Å². The standard InChI is InChI=1S/C14H27NO2.C13H25NO2.C12H23NO2.2C11H21NO2.2C10H19NO2.2C9H17NO2.C8H15NO2/c1-6-7-8-9-10-11-12-14(2,15(3)4)13(16)17-5;1-6-7-8-9-10-11-13(2,14(3)4)12(15)16-5;1-6-7-8-9-10-12(2,13(3)4)11(14)15-5;1-6-7-8-9-11(2,12(3)4)10(13)14-5;1-5-6-7-8-9-10(12(2)3)11(13)14-4;1-6-7-8-10(2,11(3)4)9(12)13-5;1-5-6-7-8-9(11(2)3)10(12)13-4;1-6-7-9(2,10(3)4)8(11)12-5;1-5-6-7-8(10(2)3)9(11)12-4;1-5-6-7(9(2)3)8(10)11-4/h6H,1,7-12H2,2-5H3;6H,1,7-11H2,2-5H3;6H,1,7-10H2,2-5H3;6H,1,7-9H2,2-5H3;5,10H,1,6-9H2,2-4H3;6H,1,7-8H2,2-5H3;5,9H,1,6-8H2,2-4H3;6H,1,7H2,2-5H3;5,8H,1,6-7H2,2-4H3;5,7H,1,6H2,2-4H3. The largest absolute Gasteiger partial charge is 0.468 e. The molecule has 0 aliphatic rings. The lowest BCUT2D eigenvalue weighted by atomic mass is 9.92. The van der Waals surface area contributed by atoms with Gasteiger partial charge in [-0.25, -0.2) is 0 Å². The van der Waals surface area contributed by atoms with E-state index in [-0.39, 0.29) is 83.9 Å². The summed E-state index contributed by atoms with van der Waals surface area (Å²) in [6.45, 7) is 47.9. The van der Waals surface area contributed by atoms with Gasteiger partial charge in [-0.1, -0.05) is 106 Å². The van der Waals surface area contributed by atoms with Crippen LogP contribution in [0.1, 0.15) is 241 Å². The van der Waals surface area contributed by atoms with Crippen molar-refractivity contribution in [2.45, 2.75) is 298 Å². The Kier molecular flexibility index (Phi) is 98.1. The van der Waals surface area contributed by atoms with Gasteiger partial charge in [-0.3, -0.25) is 96.9 Å². The molecule has 0 N–H and O–H groups in total. The first kappa shape index (κ1) is 149. The van der Waals surface area contributed by atoms with Crippen LogP contribution >= 0.6 is 0 Å². The highest BCUT2D eigenvalue weighted by Gasteiger charge is 2.41.